The minimum absolute atomic E-state index is 0.762. The Kier molecular flexibility index (Phi) is 1.78. The number of hydrogen-bond donors (Lipinski definition) is 1. The summed E-state index contributed by atoms with van der Waals surface area (Å²) in [7, 11) is 0. The van der Waals surface area contributed by atoms with Crippen molar-refractivity contribution in [3.8, 4) is 0 Å². The van der Waals surface area contributed by atoms with Crippen LogP contribution in [0.2, 0.25) is 5.02 Å². The molecule has 1 aliphatic carbocycles. The van der Waals surface area contributed by atoms with E-state index in [0.29, 0.717) is 0 Å². The van der Waals surface area contributed by atoms with Crippen LogP contribution in [0.5, 0.6) is 0 Å². The van der Waals surface area contributed by atoms with Gasteiger partial charge in [0.2, 0.25) is 0 Å². The number of rotatable bonds is 1. The molecule has 76 valence electrons. The topological polar surface area (TPSA) is 29.9 Å². The van der Waals surface area contributed by atoms with Crippen LogP contribution in [0.4, 0.5) is 5.82 Å². The molecule has 4 heteroatoms. The fraction of sp³-hybridized carbons (Fsp3) is 0.700. The third kappa shape index (κ3) is 1.22. The molecule has 2 aliphatic rings. The predicted octanol–water partition coefficient (Wildman–Crippen LogP) is 2.30. The highest BCUT2D eigenvalue weighted by atomic mass is 35.5. The third-order valence-corrected chi connectivity index (χ3v) is 3.73. The van der Waals surface area contributed by atoms with Gasteiger partial charge in [0.25, 0.3) is 0 Å². The molecule has 3 rings (SSSR count). The second-order valence-electron chi connectivity index (χ2n) is 4.41. The number of nitrogens with zero attached hydrogens (tertiary/aromatic N) is 2. The van der Waals surface area contributed by atoms with E-state index in [1.165, 1.54) is 12.8 Å². The minimum atomic E-state index is 0.762. The molecular weight excluding hydrogens is 198 g/mol. The normalized spacial score (nSPS) is 25.7. The van der Waals surface area contributed by atoms with Gasteiger partial charge in [-0.1, -0.05) is 11.6 Å². The number of fused-ring (bicyclic) bond motifs is 1. The summed E-state index contributed by atoms with van der Waals surface area (Å²) in [6.07, 6.45) is 2.80. The molecule has 0 radical (unpaired) electrons. The highest BCUT2D eigenvalue weighted by Crippen LogP contribution is 2.40. The van der Waals surface area contributed by atoms with E-state index in [4.69, 9.17) is 11.6 Å². The maximum atomic E-state index is 6.12. The number of anilines is 1. The number of halogens is 1. The smallest absolute Gasteiger partial charge is 0.143 e. The molecule has 1 aromatic rings. The van der Waals surface area contributed by atoms with Crippen molar-refractivity contribution >= 4 is 17.4 Å². The molecule has 0 bridgehead atoms. The standard InChI is InChI=1S/C10H14ClN3/c1-6-9(11)10-12-4-8(7-2-3-7)5-14(10)13-6/h7-8,12H,2-5H2,1H3. The molecule has 2 heterocycles. The van der Waals surface area contributed by atoms with Gasteiger partial charge in [-0.05, 0) is 31.6 Å². The van der Waals surface area contributed by atoms with Gasteiger partial charge >= 0.3 is 0 Å². The van der Waals surface area contributed by atoms with E-state index < -0.39 is 0 Å². The molecule has 1 N–H and O–H groups in total. The van der Waals surface area contributed by atoms with E-state index in [9.17, 15) is 0 Å². The van der Waals surface area contributed by atoms with Crippen LogP contribution >= 0.6 is 11.6 Å². The molecule has 0 saturated heterocycles. The maximum absolute atomic E-state index is 6.12. The Morgan fingerprint density at radius 3 is 2.93 bits per heavy atom. The van der Waals surface area contributed by atoms with Crippen LogP contribution in [0, 0.1) is 18.8 Å². The Morgan fingerprint density at radius 1 is 1.43 bits per heavy atom. The first kappa shape index (κ1) is 8.60. The fourth-order valence-electron chi connectivity index (χ4n) is 2.26. The molecular formula is C10H14ClN3. The van der Waals surface area contributed by atoms with Crippen molar-refractivity contribution in [1.29, 1.82) is 0 Å². The van der Waals surface area contributed by atoms with Crippen LogP contribution in [0.15, 0.2) is 0 Å². The first-order chi connectivity index (χ1) is 6.75. The lowest BCUT2D eigenvalue weighted by Crippen LogP contribution is -2.29. The van der Waals surface area contributed by atoms with Crippen molar-refractivity contribution in [2.75, 3.05) is 11.9 Å². The van der Waals surface area contributed by atoms with E-state index >= 15 is 0 Å². The van der Waals surface area contributed by atoms with Gasteiger partial charge in [0.15, 0.2) is 0 Å². The summed E-state index contributed by atoms with van der Waals surface area (Å²) >= 11 is 6.12. The number of aromatic nitrogens is 2. The van der Waals surface area contributed by atoms with E-state index in [1.54, 1.807) is 0 Å². The summed E-state index contributed by atoms with van der Waals surface area (Å²) in [4.78, 5) is 0. The molecule has 3 nitrogen and oxygen atoms in total. The summed E-state index contributed by atoms with van der Waals surface area (Å²) in [5.41, 5.74) is 0.936. The molecule has 1 fully saturated rings. The molecule has 1 unspecified atom stereocenters. The van der Waals surface area contributed by atoms with Crippen molar-refractivity contribution in [2.24, 2.45) is 11.8 Å². The summed E-state index contributed by atoms with van der Waals surface area (Å²) < 4.78 is 2.03. The summed E-state index contributed by atoms with van der Waals surface area (Å²) in [5.74, 6) is 2.71. The highest BCUT2D eigenvalue weighted by Gasteiger charge is 2.34. The molecule has 14 heavy (non-hydrogen) atoms. The van der Waals surface area contributed by atoms with Gasteiger partial charge in [0.1, 0.15) is 10.8 Å². The van der Waals surface area contributed by atoms with E-state index in [-0.39, 0.29) is 0 Å². The number of nitrogens with one attached hydrogen (secondary N) is 1. The zero-order valence-electron chi connectivity index (χ0n) is 8.26. The van der Waals surface area contributed by atoms with Gasteiger partial charge in [-0.15, -0.1) is 0 Å². The minimum Gasteiger partial charge on any atom is -0.369 e. The molecule has 0 amide bonds. The predicted molar refractivity (Wildman–Crippen MR) is 56.7 cm³/mol. The average Bonchev–Trinajstić information content (AvgIpc) is 2.96. The van der Waals surface area contributed by atoms with Crippen LogP contribution in [0.3, 0.4) is 0 Å². The molecule has 1 atom stereocenters. The van der Waals surface area contributed by atoms with Crippen molar-refractivity contribution in [3.63, 3.8) is 0 Å². The van der Waals surface area contributed by atoms with Crippen LogP contribution in [-0.2, 0) is 6.54 Å². The maximum Gasteiger partial charge on any atom is 0.143 e. The van der Waals surface area contributed by atoms with Crippen molar-refractivity contribution < 1.29 is 0 Å². The summed E-state index contributed by atoms with van der Waals surface area (Å²) in [5, 5.41) is 8.62. The fourth-order valence-corrected chi connectivity index (χ4v) is 2.46. The lowest BCUT2D eigenvalue weighted by atomic mass is 10.0. The molecule has 1 aliphatic heterocycles. The Morgan fingerprint density at radius 2 is 2.21 bits per heavy atom. The van der Waals surface area contributed by atoms with Gasteiger partial charge < -0.3 is 5.32 Å². The van der Waals surface area contributed by atoms with Gasteiger partial charge in [-0.3, -0.25) is 0 Å². The zero-order valence-corrected chi connectivity index (χ0v) is 9.01. The van der Waals surface area contributed by atoms with Crippen LogP contribution < -0.4 is 5.32 Å². The lowest BCUT2D eigenvalue weighted by molar-refractivity contribution is 0.373. The average molecular weight is 212 g/mol. The van der Waals surface area contributed by atoms with Crippen molar-refractivity contribution in [2.45, 2.75) is 26.3 Å². The van der Waals surface area contributed by atoms with Crippen molar-refractivity contribution in [1.82, 2.24) is 9.78 Å². The van der Waals surface area contributed by atoms with Crippen LogP contribution in [0.1, 0.15) is 18.5 Å². The largest absolute Gasteiger partial charge is 0.369 e. The van der Waals surface area contributed by atoms with Crippen LogP contribution in [0.25, 0.3) is 0 Å². The van der Waals surface area contributed by atoms with Gasteiger partial charge in [0.05, 0.1) is 5.69 Å². The lowest BCUT2D eigenvalue weighted by Gasteiger charge is -2.24. The summed E-state index contributed by atoms with van der Waals surface area (Å²) in [6.45, 7) is 4.07. The molecule has 0 aromatic carbocycles. The first-order valence-electron chi connectivity index (χ1n) is 5.22. The molecule has 1 saturated carbocycles. The van der Waals surface area contributed by atoms with Gasteiger partial charge in [0, 0.05) is 13.1 Å². The zero-order chi connectivity index (χ0) is 9.71. The third-order valence-electron chi connectivity index (χ3n) is 3.28. The van der Waals surface area contributed by atoms with E-state index in [0.717, 1.165) is 41.5 Å². The Labute approximate surface area is 88.4 Å². The first-order valence-corrected chi connectivity index (χ1v) is 5.60. The monoisotopic (exact) mass is 211 g/mol. The molecule has 1 aromatic heterocycles. The highest BCUT2D eigenvalue weighted by molar-refractivity contribution is 6.33. The SMILES string of the molecule is Cc1nn2c(c1Cl)NCC(C1CC1)C2. The second-order valence-corrected chi connectivity index (χ2v) is 4.79. The Bertz CT molecular complexity index is 368. The van der Waals surface area contributed by atoms with Gasteiger partial charge in [-0.2, -0.15) is 5.10 Å². The Balaban J connectivity index is 1.90. The second kappa shape index (κ2) is 2.89. The molecule has 0 spiro atoms. The summed E-state index contributed by atoms with van der Waals surface area (Å²) in [6, 6.07) is 0. The van der Waals surface area contributed by atoms with Gasteiger partial charge in [-0.25, -0.2) is 4.68 Å². The number of aryl methyl sites for hydroxylation is 1. The number of hydrogen-bond acceptors (Lipinski definition) is 2. The van der Waals surface area contributed by atoms with E-state index in [2.05, 4.69) is 10.4 Å². The van der Waals surface area contributed by atoms with Crippen molar-refractivity contribution in [3.05, 3.63) is 10.7 Å². The Hall–Kier alpha value is -0.700. The van der Waals surface area contributed by atoms with E-state index in [1.807, 2.05) is 11.6 Å². The quantitative estimate of drug-likeness (QED) is 0.773. The van der Waals surface area contributed by atoms with Crippen LogP contribution in [-0.4, -0.2) is 16.3 Å².